The largest absolute Gasteiger partial charge is 0.445 e. The molecule has 4 rings (SSSR count). The van der Waals surface area contributed by atoms with E-state index in [4.69, 9.17) is 9.47 Å². The minimum absolute atomic E-state index is 0.00673. The maximum atomic E-state index is 12.7. The summed E-state index contributed by atoms with van der Waals surface area (Å²) in [6.07, 6.45) is 2.62. The van der Waals surface area contributed by atoms with E-state index in [1.165, 1.54) is 5.57 Å². The van der Waals surface area contributed by atoms with E-state index < -0.39 is 0 Å². The number of benzene rings is 1. The second-order valence-electron chi connectivity index (χ2n) is 7.19. The molecule has 1 fully saturated rings. The average molecular weight is 364 g/mol. The molecule has 2 aliphatic heterocycles. The second-order valence-corrected chi connectivity index (χ2v) is 7.19. The van der Waals surface area contributed by atoms with Crippen molar-refractivity contribution in [1.82, 2.24) is 9.88 Å². The van der Waals surface area contributed by atoms with Crippen molar-refractivity contribution in [2.75, 3.05) is 13.2 Å². The Balaban J connectivity index is 1.52. The maximum absolute atomic E-state index is 12.7. The van der Waals surface area contributed by atoms with Gasteiger partial charge < -0.3 is 9.47 Å². The molecular formula is C22H24N2O3. The lowest BCUT2D eigenvalue weighted by atomic mass is 9.89. The van der Waals surface area contributed by atoms with Crippen molar-refractivity contribution in [2.24, 2.45) is 0 Å². The van der Waals surface area contributed by atoms with Crippen LogP contribution in [0.4, 0.5) is 4.79 Å². The SMILES string of the molecule is Cc1ccc(C2=CC3COCC(C2)N3C(=O)OCc2ccccc2)c(C)n1. The van der Waals surface area contributed by atoms with Crippen LogP contribution in [0.2, 0.25) is 0 Å². The lowest BCUT2D eigenvalue weighted by molar-refractivity contribution is -0.0342. The van der Waals surface area contributed by atoms with Gasteiger partial charge in [-0.3, -0.25) is 9.88 Å². The smallest absolute Gasteiger partial charge is 0.411 e. The molecule has 2 atom stereocenters. The number of aryl methyl sites for hydroxylation is 2. The van der Waals surface area contributed by atoms with Gasteiger partial charge in [-0.1, -0.05) is 42.5 Å². The number of aromatic nitrogens is 1. The maximum Gasteiger partial charge on any atom is 0.411 e. The van der Waals surface area contributed by atoms with Crippen LogP contribution in [0.3, 0.4) is 0 Å². The molecule has 140 valence electrons. The van der Waals surface area contributed by atoms with Crippen molar-refractivity contribution >= 4 is 11.7 Å². The lowest BCUT2D eigenvalue weighted by Gasteiger charge is -2.43. The van der Waals surface area contributed by atoms with Gasteiger partial charge in [0.05, 0.1) is 25.3 Å². The van der Waals surface area contributed by atoms with Gasteiger partial charge in [-0.25, -0.2) is 4.79 Å². The van der Waals surface area contributed by atoms with Crippen molar-refractivity contribution in [3.63, 3.8) is 0 Å². The Morgan fingerprint density at radius 2 is 2.00 bits per heavy atom. The molecule has 1 aromatic heterocycles. The number of hydrogen-bond acceptors (Lipinski definition) is 4. The summed E-state index contributed by atoms with van der Waals surface area (Å²) in [6.45, 7) is 5.36. The number of amides is 1. The van der Waals surface area contributed by atoms with E-state index in [1.807, 2.05) is 55.1 Å². The third-order valence-electron chi connectivity index (χ3n) is 5.19. The van der Waals surface area contributed by atoms with Crippen LogP contribution in [0.5, 0.6) is 0 Å². The van der Waals surface area contributed by atoms with Crippen molar-refractivity contribution in [1.29, 1.82) is 0 Å². The number of hydrogen-bond donors (Lipinski definition) is 0. The van der Waals surface area contributed by atoms with Gasteiger partial charge in [0.15, 0.2) is 0 Å². The van der Waals surface area contributed by atoms with Gasteiger partial charge in [-0.2, -0.15) is 0 Å². The monoisotopic (exact) mass is 364 g/mol. The summed E-state index contributed by atoms with van der Waals surface area (Å²) in [5.41, 5.74) is 5.43. The standard InChI is InChI=1S/C22H24N2O3/c1-15-8-9-21(16(2)23-15)18-10-19-13-26-14-20(11-18)24(19)22(25)27-12-17-6-4-3-5-7-17/h3-10,19-20H,11-14H2,1-2H3. The average Bonchev–Trinajstić information content (AvgIpc) is 2.66. The number of fused-ring (bicyclic) bond motifs is 2. The third kappa shape index (κ3) is 3.74. The molecule has 0 saturated carbocycles. The number of ether oxygens (including phenoxy) is 2. The summed E-state index contributed by atoms with van der Waals surface area (Å²) < 4.78 is 11.3. The van der Waals surface area contributed by atoms with Crippen molar-refractivity contribution in [2.45, 2.75) is 39.0 Å². The molecule has 3 heterocycles. The Bertz CT molecular complexity index is 863. The summed E-state index contributed by atoms with van der Waals surface area (Å²) in [6, 6.07) is 13.8. The van der Waals surface area contributed by atoms with E-state index in [9.17, 15) is 4.79 Å². The number of carbonyl (C=O) groups excluding carboxylic acids is 1. The van der Waals surface area contributed by atoms with Crippen LogP contribution in [-0.4, -0.2) is 41.3 Å². The van der Waals surface area contributed by atoms with Crippen molar-refractivity contribution in [3.8, 4) is 0 Å². The minimum Gasteiger partial charge on any atom is -0.445 e. The van der Waals surface area contributed by atoms with E-state index in [2.05, 4.69) is 17.1 Å². The van der Waals surface area contributed by atoms with E-state index in [0.29, 0.717) is 13.2 Å². The summed E-state index contributed by atoms with van der Waals surface area (Å²) in [4.78, 5) is 19.2. The van der Waals surface area contributed by atoms with Gasteiger partial charge in [-0.05, 0) is 43.0 Å². The van der Waals surface area contributed by atoms with Crippen LogP contribution >= 0.6 is 0 Å². The molecule has 27 heavy (non-hydrogen) atoms. The molecule has 1 saturated heterocycles. The van der Waals surface area contributed by atoms with E-state index in [1.54, 1.807) is 0 Å². The molecule has 0 N–H and O–H groups in total. The highest BCUT2D eigenvalue weighted by Crippen LogP contribution is 2.34. The first-order valence-electron chi connectivity index (χ1n) is 9.34. The summed E-state index contributed by atoms with van der Waals surface area (Å²) in [5.74, 6) is 0. The van der Waals surface area contributed by atoms with Gasteiger partial charge in [0.2, 0.25) is 0 Å². The predicted octanol–water partition coefficient (Wildman–Crippen LogP) is 3.89. The fraction of sp³-hybridized carbons (Fsp3) is 0.364. The molecule has 2 unspecified atom stereocenters. The lowest BCUT2D eigenvalue weighted by Crippen LogP contribution is -2.56. The Hall–Kier alpha value is -2.66. The first-order valence-corrected chi connectivity index (χ1v) is 9.34. The fourth-order valence-corrected chi connectivity index (χ4v) is 3.90. The Labute approximate surface area is 159 Å². The zero-order valence-corrected chi connectivity index (χ0v) is 15.7. The van der Waals surface area contributed by atoms with E-state index in [0.717, 1.165) is 28.9 Å². The van der Waals surface area contributed by atoms with Crippen LogP contribution in [-0.2, 0) is 16.1 Å². The minimum atomic E-state index is -0.272. The molecule has 2 aromatic rings. The quantitative estimate of drug-likeness (QED) is 0.829. The Morgan fingerprint density at radius 1 is 1.19 bits per heavy atom. The summed E-state index contributed by atoms with van der Waals surface area (Å²) in [7, 11) is 0. The topological polar surface area (TPSA) is 51.7 Å². The number of rotatable bonds is 3. The number of morpholine rings is 1. The number of pyridine rings is 1. The van der Waals surface area contributed by atoms with Crippen molar-refractivity contribution < 1.29 is 14.3 Å². The van der Waals surface area contributed by atoms with Gasteiger partial charge >= 0.3 is 6.09 Å². The number of carbonyl (C=O) groups is 1. The molecule has 1 amide bonds. The molecule has 2 aliphatic rings. The van der Waals surface area contributed by atoms with Crippen LogP contribution in [0.15, 0.2) is 48.5 Å². The highest BCUT2D eigenvalue weighted by Gasteiger charge is 2.39. The molecular weight excluding hydrogens is 340 g/mol. The summed E-state index contributed by atoms with van der Waals surface area (Å²) in [5, 5.41) is 0. The zero-order valence-electron chi connectivity index (χ0n) is 15.7. The first-order chi connectivity index (χ1) is 13.1. The van der Waals surface area contributed by atoms with E-state index >= 15 is 0 Å². The van der Waals surface area contributed by atoms with E-state index in [-0.39, 0.29) is 24.8 Å². The van der Waals surface area contributed by atoms with Crippen LogP contribution in [0.1, 0.15) is 28.9 Å². The Morgan fingerprint density at radius 3 is 2.74 bits per heavy atom. The Kier molecular flexibility index (Phi) is 4.94. The zero-order chi connectivity index (χ0) is 18.8. The van der Waals surface area contributed by atoms with Crippen LogP contribution < -0.4 is 0 Å². The third-order valence-corrected chi connectivity index (χ3v) is 5.19. The van der Waals surface area contributed by atoms with Crippen molar-refractivity contribution in [3.05, 3.63) is 71.1 Å². The normalized spacial score (nSPS) is 21.6. The predicted molar refractivity (Wildman–Crippen MR) is 103 cm³/mol. The summed E-state index contributed by atoms with van der Waals surface area (Å²) >= 11 is 0. The molecule has 0 radical (unpaired) electrons. The molecule has 5 nitrogen and oxygen atoms in total. The van der Waals surface area contributed by atoms with Gasteiger partial charge in [0.25, 0.3) is 0 Å². The van der Waals surface area contributed by atoms with Gasteiger partial charge in [0.1, 0.15) is 6.61 Å². The highest BCUT2D eigenvalue weighted by atomic mass is 16.6. The molecule has 0 aliphatic carbocycles. The fourth-order valence-electron chi connectivity index (χ4n) is 3.90. The van der Waals surface area contributed by atoms with Gasteiger partial charge in [-0.15, -0.1) is 0 Å². The van der Waals surface area contributed by atoms with Crippen LogP contribution in [0.25, 0.3) is 5.57 Å². The molecule has 1 aromatic carbocycles. The molecule has 0 spiro atoms. The van der Waals surface area contributed by atoms with Gasteiger partial charge in [0, 0.05) is 11.4 Å². The first kappa shape index (κ1) is 17.7. The van der Waals surface area contributed by atoms with Crippen LogP contribution in [0, 0.1) is 13.8 Å². The second kappa shape index (κ2) is 7.53. The molecule has 5 heteroatoms. The molecule has 2 bridgehead atoms. The highest BCUT2D eigenvalue weighted by molar-refractivity contribution is 5.75. The number of nitrogens with zero attached hydrogens (tertiary/aromatic N) is 2.